The molecule has 0 radical (unpaired) electrons. The molecule has 0 bridgehead atoms. The predicted octanol–water partition coefficient (Wildman–Crippen LogP) is 3.33. The van der Waals surface area contributed by atoms with Crippen molar-refractivity contribution in [2.75, 3.05) is 5.73 Å². The van der Waals surface area contributed by atoms with Gasteiger partial charge in [0.25, 0.3) is 0 Å². The molecule has 0 amide bonds. The number of nitrogens with one attached hydrogen (secondary N) is 1. The van der Waals surface area contributed by atoms with E-state index in [1.165, 1.54) is 6.07 Å². The maximum atomic E-state index is 12.4. The molecule has 0 heterocycles. The van der Waals surface area contributed by atoms with Gasteiger partial charge >= 0.3 is 0 Å². The van der Waals surface area contributed by atoms with Crippen molar-refractivity contribution in [3.05, 3.63) is 22.7 Å². The number of sulfonamides is 1. The molecular weight excluding hydrogens is 296 g/mol. The molecule has 0 aliphatic rings. The first-order chi connectivity index (χ1) is 9.13. The van der Waals surface area contributed by atoms with Crippen molar-refractivity contribution in [2.24, 2.45) is 5.92 Å². The fourth-order valence-electron chi connectivity index (χ4n) is 1.92. The van der Waals surface area contributed by atoms with E-state index in [1.807, 2.05) is 6.92 Å². The van der Waals surface area contributed by atoms with Crippen molar-refractivity contribution in [1.29, 1.82) is 0 Å². The fourth-order valence-corrected chi connectivity index (χ4v) is 3.79. The molecule has 114 valence electrons. The van der Waals surface area contributed by atoms with Crippen LogP contribution in [0.4, 0.5) is 5.69 Å². The van der Waals surface area contributed by atoms with E-state index in [0.717, 1.165) is 12.8 Å². The third-order valence-electron chi connectivity index (χ3n) is 3.19. The highest BCUT2D eigenvalue weighted by Crippen LogP contribution is 2.26. The minimum absolute atomic E-state index is 0.123. The molecule has 1 rings (SSSR count). The summed E-state index contributed by atoms with van der Waals surface area (Å²) in [6.45, 7) is 7.77. The SMILES string of the molecule is Cc1c(N)cc(Cl)cc1S(=O)(=O)NC(C)CCC(C)C. The fraction of sp³-hybridized carbons (Fsp3) is 0.571. The zero-order chi connectivity index (χ0) is 15.5. The van der Waals surface area contributed by atoms with Gasteiger partial charge in [-0.05, 0) is 50.3 Å². The molecule has 4 nitrogen and oxygen atoms in total. The van der Waals surface area contributed by atoms with Gasteiger partial charge in [0.2, 0.25) is 10.0 Å². The molecule has 0 spiro atoms. The molecule has 6 heteroatoms. The average Bonchev–Trinajstić information content (AvgIpc) is 2.30. The average molecular weight is 319 g/mol. The Labute approximate surface area is 126 Å². The van der Waals surface area contributed by atoms with Crippen LogP contribution in [-0.2, 0) is 10.0 Å². The highest BCUT2D eigenvalue weighted by Gasteiger charge is 2.21. The van der Waals surface area contributed by atoms with Crippen LogP contribution in [-0.4, -0.2) is 14.5 Å². The van der Waals surface area contributed by atoms with Crippen molar-refractivity contribution in [1.82, 2.24) is 4.72 Å². The Bertz CT molecular complexity index is 571. The lowest BCUT2D eigenvalue weighted by atomic mass is 10.1. The van der Waals surface area contributed by atoms with Crippen molar-refractivity contribution >= 4 is 27.3 Å². The van der Waals surface area contributed by atoms with Gasteiger partial charge in [0.05, 0.1) is 4.90 Å². The first kappa shape index (κ1) is 17.3. The van der Waals surface area contributed by atoms with Crippen LogP contribution in [0.25, 0.3) is 0 Å². The molecule has 3 N–H and O–H groups in total. The summed E-state index contributed by atoms with van der Waals surface area (Å²) in [6.07, 6.45) is 1.77. The van der Waals surface area contributed by atoms with E-state index in [4.69, 9.17) is 17.3 Å². The topological polar surface area (TPSA) is 72.2 Å². The molecule has 1 atom stereocenters. The third-order valence-corrected chi connectivity index (χ3v) is 5.12. The molecule has 0 saturated carbocycles. The van der Waals surface area contributed by atoms with Gasteiger partial charge < -0.3 is 5.73 Å². The largest absolute Gasteiger partial charge is 0.398 e. The standard InChI is InChI=1S/C14H23ClN2O2S/c1-9(2)5-6-10(3)17-20(18,19)14-8-12(15)7-13(16)11(14)4/h7-10,17H,5-6,16H2,1-4H3. The van der Waals surface area contributed by atoms with Crippen molar-refractivity contribution < 1.29 is 8.42 Å². The molecule has 0 fully saturated rings. The van der Waals surface area contributed by atoms with Crippen molar-refractivity contribution in [3.8, 4) is 0 Å². The number of hydrogen-bond acceptors (Lipinski definition) is 3. The van der Waals surface area contributed by atoms with Gasteiger partial charge in [-0.1, -0.05) is 25.4 Å². The second kappa shape index (κ2) is 6.78. The summed E-state index contributed by atoms with van der Waals surface area (Å²) in [5.74, 6) is 0.547. The molecule has 0 aliphatic carbocycles. The Kier molecular flexibility index (Phi) is 5.86. The van der Waals surface area contributed by atoms with Gasteiger partial charge in [0.15, 0.2) is 0 Å². The molecule has 20 heavy (non-hydrogen) atoms. The third kappa shape index (κ3) is 4.65. The second-order valence-corrected chi connectivity index (χ2v) is 7.73. The smallest absolute Gasteiger partial charge is 0.241 e. The predicted molar refractivity (Wildman–Crippen MR) is 84.5 cm³/mol. The number of hydrogen-bond donors (Lipinski definition) is 2. The molecule has 1 aromatic rings. The zero-order valence-electron chi connectivity index (χ0n) is 12.4. The van der Waals surface area contributed by atoms with Crippen LogP contribution < -0.4 is 10.5 Å². The van der Waals surface area contributed by atoms with Crippen LogP contribution in [0.3, 0.4) is 0 Å². The molecule has 0 aliphatic heterocycles. The molecule has 1 unspecified atom stereocenters. The number of benzene rings is 1. The maximum Gasteiger partial charge on any atom is 0.241 e. The van der Waals surface area contributed by atoms with Gasteiger partial charge in [-0.2, -0.15) is 0 Å². The summed E-state index contributed by atoms with van der Waals surface area (Å²) in [7, 11) is -3.60. The summed E-state index contributed by atoms with van der Waals surface area (Å²) in [6, 6.07) is 2.87. The Balaban J connectivity index is 2.94. The van der Waals surface area contributed by atoms with Crippen molar-refractivity contribution in [2.45, 2.75) is 51.5 Å². The second-order valence-electron chi connectivity index (χ2n) is 5.61. The van der Waals surface area contributed by atoms with Crippen LogP contribution in [0.2, 0.25) is 5.02 Å². The highest BCUT2D eigenvalue weighted by molar-refractivity contribution is 7.89. The van der Waals surface area contributed by atoms with Gasteiger partial charge in [-0.3, -0.25) is 0 Å². The lowest BCUT2D eigenvalue weighted by molar-refractivity contribution is 0.485. The van der Waals surface area contributed by atoms with E-state index >= 15 is 0 Å². The number of halogens is 1. The number of rotatable bonds is 6. The Morgan fingerprint density at radius 3 is 2.40 bits per heavy atom. The maximum absolute atomic E-state index is 12.4. The number of nitrogens with two attached hydrogens (primary N) is 1. The Morgan fingerprint density at radius 1 is 1.25 bits per heavy atom. The monoisotopic (exact) mass is 318 g/mol. The number of nitrogen functional groups attached to an aromatic ring is 1. The van der Waals surface area contributed by atoms with Crippen LogP contribution in [0.1, 0.15) is 39.2 Å². The van der Waals surface area contributed by atoms with E-state index < -0.39 is 10.0 Å². The van der Waals surface area contributed by atoms with E-state index in [-0.39, 0.29) is 10.9 Å². The summed E-state index contributed by atoms with van der Waals surface area (Å²) < 4.78 is 27.5. The Morgan fingerprint density at radius 2 is 1.85 bits per heavy atom. The van der Waals surface area contributed by atoms with E-state index in [2.05, 4.69) is 18.6 Å². The lowest BCUT2D eigenvalue weighted by Crippen LogP contribution is -2.33. The van der Waals surface area contributed by atoms with E-state index in [1.54, 1.807) is 13.0 Å². The van der Waals surface area contributed by atoms with Crippen LogP contribution >= 0.6 is 11.6 Å². The summed E-state index contributed by atoms with van der Waals surface area (Å²) >= 11 is 5.90. The zero-order valence-corrected chi connectivity index (χ0v) is 14.0. The highest BCUT2D eigenvalue weighted by atomic mass is 35.5. The van der Waals surface area contributed by atoms with Gasteiger partial charge in [0.1, 0.15) is 0 Å². The Hall–Kier alpha value is -0.780. The van der Waals surface area contributed by atoms with Gasteiger partial charge in [-0.15, -0.1) is 0 Å². The van der Waals surface area contributed by atoms with Crippen molar-refractivity contribution in [3.63, 3.8) is 0 Å². The van der Waals surface area contributed by atoms with E-state index in [9.17, 15) is 8.42 Å². The van der Waals surface area contributed by atoms with Gasteiger partial charge in [-0.25, -0.2) is 13.1 Å². The normalized spacial score (nSPS) is 13.7. The molecular formula is C14H23ClN2O2S. The van der Waals surface area contributed by atoms with Gasteiger partial charge in [0, 0.05) is 16.8 Å². The minimum Gasteiger partial charge on any atom is -0.398 e. The van der Waals surface area contributed by atoms with Crippen LogP contribution in [0.15, 0.2) is 17.0 Å². The minimum atomic E-state index is -3.60. The number of anilines is 1. The quantitative estimate of drug-likeness (QED) is 0.790. The molecule has 0 saturated heterocycles. The first-order valence-electron chi connectivity index (χ1n) is 6.71. The lowest BCUT2D eigenvalue weighted by Gasteiger charge is -2.17. The van der Waals surface area contributed by atoms with Crippen LogP contribution in [0.5, 0.6) is 0 Å². The first-order valence-corrected chi connectivity index (χ1v) is 8.57. The van der Waals surface area contributed by atoms with E-state index in [0.29, 0.717) is 22.2 Å². The summed E-state index contributed by atoms with van der Waals surface area (Å²) in [4.78, 5) is 0.152. The molecule has 1 aromatic carbocycles. The summed E-state index contributed by atoms with van der Waals surface area (Å²) in [5, 5.41) is 0.323. The summed E-state index contributed by atoms with van der Waals surface area (Å²) in [5.41, 5.74) is 6.68. The van der Waals surface area contributed by atoms with Crippen LogP contribution in [0, 0.1) is 12.8 Å². The molecule has 0 aromatic heterocycles.